The van der Waals surface area contributed by atoms with Gasteiger partial charge in [-0.2, -0.15) is 0 Å². The van der Waals surface area contributed by atoms with Crippen LogP contribution in [-0.4, -0.2) is 48.0 Å². The van der Waals surface area contributed by atoms with Crippen molar-refractivity contribution in [2.45, 2.75) is 18.9 Å². The smallest absolute Gasteiger partial charge is 0.260 e. The highest BCUT2D eigenvalue weighted by Crippen LogP contribution is 2.16. The van der Waals surface area contributed by atoms with E-state index in [2.05, 4.69) is 0 Å². The molecule has 0 aliphatic carbocycles. The van der Waals surface area contributed by atoms with Crippen molar-refractivity contribution < 1.29 is 19.4 Å². The van der Waals surface area contributed by atoms with E-state index in [4.69, 9.17) is 4.74 Å². The minimum atomic E-state index is -0.305. The van der Waals surface area contributed by atoms with E-state index in [1.165, 1.54) is 0 Å². The standard InChI is InChI=1S/C14H17NO4/c16-9-11-3-1-2-4-13(11)19-10-14(18)15-7-5-12(17)6-8-15/h1-4,9,12,17H,5-8,10H2. The van der Waals surface area contributed by atoms with Crippen molar-refractivity contribution in [1.82, 2.24) is 4.90 Å². The number of rotatable bonds is 4. The molecule has 0 bridgehead atoms. The van der Waals surface area contributed by atoms with Gasteiger partial charge >= 0.3 is 0 Å². The molecule has 102 valence electrons. The SMILES string of the molecule is O=Cc1ccccc1OCC(=O)N1CCC(O)CC1. The van der Waals surface area contributed by atoms with Gasteiger partial charge in [-0.1, -0.05) is 12.1 Å². The first-order valence-electron chi connectivity index (χ1n) is 6.33. The quantitative estimate of drug-likeness (QED) is 0.818. The third-order valence-corrected chi connectivity index (χ3v) is 3.21. The number of nitrogens with zero attached hydrogens (tertiary/aromatic N) is 1. The van der Waals surface area contributed by atoms with Gasteiger partial charge in [-0.15, -0.1) is 0 Å². The normalized spacial score (nSPS) is 16.2. The Labute approximate surface area is 111 Å². The Kier molecular flexibility index (Phi) is 4.52. The number of carbonyl (C=O) groups is 2. The van der Waals surface area contributed by atoms with Crippen LogP contribution in [0.1, 0.15) is 23.2 Å². The fourth-order valence-electron chi connectivity index (χ4n) is 2.06. The van der Waals surface area contributed by atoms with Crippen molar-refractivity contribution in [3.63, 3.8) is 0 Å². The lowest BCUT2D eigenvalue weighted by atomic mass is 10.1. The van der Waals surface area contributed by atoms with Crippen LogP contribution in [0.5, 0.6) is 5.75 Å². The molecule has 5 nitrogen and oxygen atoms in total. The van der Waals surface area contributed by atoms with E-state index in [0.717, 1.165) is 0 Å². The molecular weight excluding hydrogens is 246 g/mol. The zero-order valence-corrected chi connectivity index (χ0v) is 10.6. The lowest BCUT2D eigenvalue weighted by Crippen LogP contribution is -2.42. The summed E-state index contributed by atoms with van der Waals surface area (Å²) >= 11 is 0. The van der Waals surface area contributed by atoms with E-state index < -0.39 is 0 Å². The highest BCUT2D eigenvalue weighted by molar-refractivity contribution is 5.80. The molecule has 0 aromatic heterocycles. The Morgan fingerprint density at radius 1 is 1.37 bits per heavy atom. The molecule has 0 atom stereocenters. The number of hydrogen-bond acceptors (Lipinski definition) is 4. The molecule has 1 aliphatic heterocycles. The summed E-state index contributed by atoms with van der Waals surface area (Å²) < 4.78 is 5.38. The lowest BCUT2D eigenvalue weighted by Gasteiger charge is -2.29. The number of ether oxygens (including phenoxy) is 1. The van der Waals surface area contributed by atoms with Crippen LogP contribution < -0.4 is 4.74 Å². The van der Waals surface area contributed by atoms with Crippen molar-refractivity contribution >= 4 is 12.2 Å². The number of piperidine rings is 1. The van der Waals surface area contributed by atoms with E-state index in [1.807, 2.05) is 0 Å². The molecule has 1 saturated heterocycles. The van der Waals surface area contributed by atoms with Gasteiger partial charge in [0.1, 0.15) is 5.75 Å². The van der Waals surface area contributed by atoms with Gasteiger partial charge < -0.3 is 14.7 Å². The van der Waals surface area contributed by atoms with Gasteiger partial charge in [-0.3, -0.25) is 9.59 Å². The number of para-hydroxylation sites is 1. The molecule has 0 radical (unpaired) electrons. The zero-order chi connectivity index (χ0) is 13.7. The number of carbonyl (C=O) groups excluding carboxylic acids is 2. The second-order valence-corrected chi connectivity index (χ2v) is 4.56. The largest absolute Gasteiger partial charge is 0.483 e. The third kappa shape index (κ3) is 3.54. The summed E-state index contributed by atoms with van der Waals surface area (Å²) in [7, 11) is 0. The van der Waals surface area contributed by atoms with Crippen LogP contribution in [0.3, 0.4) is 0 Å². The first-order valence-corrected chi connectivity index (χ1v) is 6.33. The Balaban J connectivity index is 1.88. The third-order valence-electron chi connectivity index (χ3n) is 3.21. The number of likely N-dealkylation sites (tertiary alicyclic amines) is 1. The molecule has 1 N–H and O–H groups in total. The molecule has 0 unspecified atom stereocenters. The molecule has 1 fully saturated rings. The van der Waals surface area contributed by atoms with Gasteiger partial charge in [0, 0.05) is 13.1 Å². The number of amides is 1. The summed E-state index contributed by atoms with van der Waals surface area (Å²) in [5.41, 5.74) is 0.435. The predicted molar refractivity (Wildman–Crippen MR) is 69.1 cm³/mol. The first-order chi connectivity index (χ1) is 9.20. The topological polar surface area (TPSA) is 66.8 Å². The Morgan fingerprint density at radius 2 is 2.05 bits per heavy atom. The van der Waals surface area contributed by atoms with Gasteiger partial charge in [0.15, 0.2) is 12.9 Å². The van der Waals surface area contributed by atoms with E-state index >= 15 is 0 Å². The molecule has 5 heteroatoms. The summed E-state index contributed by atoms with van der Waals surface area (Å²) in [5.74, 6) is 0.301. The monoisotopic (exact) mass is 263 g/mol. The summed E-state index contributed by atoms with van der Waals surface area (Å²) in [6, 6.07) is 6.80. The molecule has 1 aromatic rings. The fourth-order valence-corrected chi connectivity index (χ4v) is 2.06. The van der Waals surface area contributed by atoms with Crippen LogP contribution in [0.2, 0.25) is 0 Å². The molecule has 2 rings (SSSR count). The molecule has 0 saturated carbocycles. The molecule has 1 heterocycles. The molecule has 1 amide bonds. The zero-order valence-electron chi connectivity index (χ0n) is 10.6. The summed E-state index contributed by atoms with van der Waals surface area (Å²) in [6.07, 6.45) is 1.62. The number of aliphatic hydroxyl groups is 1. The second-order valence-electron chi connectivity index (χ2n) is 4.56. The summed E-state index contributed by atoms with van der Waals surface area (Å²) in [6.45, 7) is 1.03. The van der Waals surface area contributed by atoms with Crippen molar-refractivity contribution in [2.24, 2.45) is 0 Å². The van der Waals surface area contributed by atoms with Crippen LogP contribution in [0, 0.1) is 0 Å². The Morgan fingerprint density at radius 3 is 2.74 bits per heavy atom. The van der Waals surface area contributed by atoms with Crippen LogP contribution in [0.25, 0.3) is 0 Å². The predicted octanol–water partition coefficient (Wildman–Crippen LogP) is 0.861. The van der Waals surface area contributed by atoms with Gasteiger partial charge in [0.2, 0.25) is 0 Å². The number of aliphatic hydroxyl groups excluding tert-OH is 1. The van der Waals surface area contributed by atoms with E-state index in [9.17, 15) is 14.7 Å². The van der Waals surface area contributed by atoms with Gasteiger partial charge in [-0.25, -0.2) is 0 Å². The number of benzene rings is 1. The fraction of sp³-hybridized carbons (Fsp3) is 0.429. The minimum absolute atomic E-state index is 0.0824. The Bertz CT molecular complexity index is 453. The maximum atomic E-state index is 11.9. The van der Waals surface area contributed by atoms with Gasteiger partial charge in [0.05, 0.1) is 11.7 Å². The van der Waals surface area contributed by atoms with Gasteiger partial charge in [-0.05, 0) is 25.0 Å². The average molecular weight is 263 g/mol. The highest BCUT2D eigenvalue weighted by Gasteiger charge is 2.21. The van der Waals surface area contributed by atoms with E-state index in [-0.39, 0.29) is 18.6 Å². The average Bonchev–Trinajstić information content (AvgIpc) is 2.45. The molecule has 0 spiro atoms. The van der Waals surface area contributed by atoms with Crippen LogP contribution in [0.4, 0.5) is 0 Å². The van der Waals surface area contributed by atoms with Crippen LogP contribution >= 0.6 is 0 Å². The maximum absolute atomic E-state index is 11.9. The maximum Gasteiger partial charge on any atom is 0.260 e. The van der Waals surface area contributed by atoms with Crippen molar-refractivity contribution in [2.75, 3.05) is 19.7 Å². The Hall–Kier alpha value is -1.88. The molecule has 19 heavy (non-hydrogen) atoms. The molecular formula is C14H17NO4. The number of aldehydes is 1. The van der Waals surface area contributed by atoms with Crippen LogP contribution in [0.15, 0.2) is 24.3 Å². The lowest BCUT2D eigenvalue weighted by molar-refractivity contribution is -0.135. The van der Waals surface area contributed by atoms with Crippen molar-refractivity contribution in [1.29, 1.82) is 0 Å². The van der Waals surface area contributed by atoms with Crippen LogP contribution in [-0.2, 0) is 4.79 Å². The highest BCUT2D eigenvalue weighted by atomic mass is 16.5. The van der Waals surface area contributed by atoms with Crippen molar-refractivity contribution in [3.8, 4) is 5.75 Å². The molecule has 1 aromatic carbocycles. The molecule has 1 aliphatic rings. The van der Waals surface area contributed by atoms with Crippen molar-refractivity contribution in [3.05, 3.63) is 29.8 Å². The minimum Gasteiger partial charge on any atom is -0.483 e. The van der Waals surface area contributed by atoms with Gasteiger partial charge in [0.25, 0.3) is 5.91 Å². The summed E-state index contributed by atoms with van der Waals surface area (Å²) in [4.78, 5) is 24.4. The van der Waals surface area contributed by atoms with E-state index in [0.29, 0.717) is 43.5 Å². The first kappa shape index (κ1) is 13.5. The second kappa shape index (κ2) is 6.33. The number of hydrogen-bond donors (Lipinski definition) is 1. The van der Waals surface area contributed by atoms with E-state index in [1.54, 1.807) is 29.2 Å². The summed E-state index contributed by atoms with van der Waals surface area (Å²) in [5, 5.41) is 9.38.